The summed E-state index contributed by atoms with van der Waals surface area (Å²) in [4.78, 5) is 12.1. The Labute approximate surface area is 138 Å². The number of amides is 1. The number of carbonyl (C=O) groups excluding carboxylic acids is 1. The third-order valence-electron chi connectivity index (χ3n) is 4.68. The van der Waals surface area contributed by atoms with Crippen LogP contribution >= 0.6 is 0 Å². The molecule has 1 amide bonds. The minimum Gasteiger partial charge on any atom is -0.376 e. The molecule has 3 nitrogen and oxygen atoms in total. The lowest BCUT2D eigenvalue weighted by Crippen LogP contribution is -2.36. The van der Waals surface area contributed by atoms with Crippen LogP contribution in [0.15, 0.2) is 48.5 Å². The van der Waals surface area contributed by atoms with Crippen LogP contribution in [0, 0.1) is 13.8 Å². The zero-order chi connectivity index (χ0) is 16.3. The Morgan fingerprint density at radius 2 is 1.83 bits per heavy atom. The van der Waals surface area contributed by atoms with E-state index in [9.17, 15) is 4.79 Å². The second-order valence-electron chi connectivity index (χ2n) is 6.60. The standard InChI is InChI=1S/C20H24N2O/c1-15-8-9-18(16(2)12-15)21-13-19(23)22-14-20(10-11-20)17-6-4-3-5-7-17/h3-9,12,21H,10-11,13-14H2,1-2H3,(H,22,23). The van der Waals surface area contributed by atoms with E-state index in [2.05, 4.69) is 60.9 Å². The van der Waals surface area contributed by atoms with Crippen LogP contribution in [0.5, 0.6) is 0 Å². The van der Waals surface area contributed by atoms with E-state index in [4.69, 9.17) is 0 Å². The first-order valence-corrected chi connectivity index (χ1v) is 8.22. The van der Waals surface area contributed by atoms with E-state index in [1.165, 1.54) is 16.7 Å². The zero-order valence-corrected chi connectivity index (χ0v) is 13.9. The average Bonchev–Trinajstić information content (AvgIpc) is 3.34. The number of anilines is 1. The molecule has 2 aromatic rings. The van der Waals surface area contributed by atoms with Gasteiger partial charge in [0.05, 0.1) is 6.54 Å². The number of carbonyl (C=O) groups is 1. The highest BCUT2D eigenvalue weighted by Crippen LogP contribution is 2.47. The first-order chi connectivity index (χ1) is 11.1. The maximum atomic E-state index is 12.1. The lowest BCUT2D eigenvalue weighted by molar-refractivity contribution is -0.119. The number of rotatable bonds is 6. The Morgan fingerprint density at radius 1 is 1.09 bits per heavy atom. The van der Waals surface area contributed by atoms with E-state index in [0.717, 1.165) is 25.1 Å². The molecular formula is C20H24N2O. The van der Waals surface area contributed by atoms with Gasteiger partial charge < -0.3 is 10.6 Å². The molecule has 1 aliphatic rings. The van der Waals surface area contributed by atoms with Crippen LogP contribution in [-0.4, -0.2) is 19.0 Å². The molecule has 1 saturated carbocycles. The van der Waals surface area contributed by atoms with Crippen LogP contribution in [0.25, 0.3) is 0 Å². The van der Waals surface area contributed by atoms with Crippen molar-refractivity contribution >= 4 is 11.6 Å². The summed E-state index contributed by atoms with van der Waals surface area (Å²) in [5.74, 6) is 0.0483. The molecule has 0 spiro atoms. The van der Waals surface area contributed by atoms with Gasteiger partial charge in [-0.3, -0.25) is 4.79 Å². The van der Waals surface area contributed by atoms with Gasteiger partial charge in [-0.15, -0.1) is 0 Å². The first kappa shape index (κ1) is 15.6. The number of hydrogen-bond acceptors (Lipinski definition) is 2. The molecule has 0 unspecified atom stereocenters. The Morgan fingerprint density at radius 3 is 2.48 bits per heavy atom. The fourth-order valence-corrected chi connectivity index (χ4v) is 3.03. The lowest BCUT2D eigenvalue weighted by atomic mass is 9.96. The maximum absolute atomic E-state index is 12.1. The summed E-state index contributed by atoms with van der Waals surface area (Å²) in [6.45, 7) is 5.17. The van der Waals surface area contributed by atoms with Crippen LogP contribution in [0.3, 0.4) is 0 Å². The van der Waals surface area contributed by atoms with Gasteiger partial charge in [0, 0.05) is 17.6 Å². The second kappa shape index (κ2) is 6.45. The maximum Gasteiger partial charge on any atom is 0.239 e. The summed E-state index contributed by atoms with van der Waals surface area (Å²) in [5, 5.41) is 6.31. The van der Waals surface area contributed by atoms with E-state index < -0.39 is 0 Å². The summed E-state index contributed by atoms with van der Waals surface area (Å²) in [6, 6.07) is 16.7. The van der Waals surface area contributed by atoms with Gasteiger partial charge in [-0.05, 0) is 43.9 Å². The molecule has 3 heteroatoms. The van der Waals surface area contributed by atoms with Crippen molar-refractivity contribution in [3.8, 4) is 0 Å². The quantitative estimate of drug-likeness (QED) is 0.856. The van der Waals surface area contributed by atoms with E-state index >= 15 is 0 Å². The summed E-state index contributed by atoms with van der Waals surface area (Å²) in [6.07, 6.45) is 2.31. The smallest absolute Gasteiger partial charge is 0.239 e. The van der Waals surface area contributed by atoms with Gasteiger partial charge in [0.15, 0.2) is 0 Å². The predicted molar refractivity (Wildman–Crippen MR) is 94.8 cm³/mol. The van der Waals surface area contributed by atoms with Gasteiger partial charge in [0.2, 0.25) is 5.91 Å². The van der Waals surface area contributed by atoms with Crippen molar-refractivity contribution in [1.82, 2.24) is 5.32 Å². The molecule has 2 N–H and O–H groups in total. The molecule has 0 radical (unpaired) electrons. The summed E-state index contributed by atoms with van der Waals surface area (Å²) < 4.78 is 0. The Balaban J connectivity index is 1.50. The van der Waals surface area contributed by atoms with Crippen molar-refractivity contribution in [1.29, 1.82) is 0 Å². The molecule has 0 atom stereocenters. The van der Waals surface area contributed by atoms with Gasteiger partial charge in [-0.25, -0.2) is 0 Å². The molecular weight excluding hydrogens is 284 g/mol. The highest BCUT2D eigenvalue weighted by atomic mass is 16.1. The number of nitrogens with one attached hydrogen (secondary N) is 2. The summed E-state index contributed by atoms with van der Waals surface area (Å²) in [5.41, 5.74) is 4.92. The number of hydrogen-bond donors (Lipinski definition) is 2. The van der Waals surface area contributed by atoms with E-state index in [0.29, 0.717) is 6.54 Å². The molecule has 0 saturated heterocycles. The van der Waals surface area contributed by atoms with Crippen molar-refractivity contribution < 1.29 is 4.79 Å². The zero-order valence-electron chi connectivity index (χ0n) is 13.9. The van der Waals surface area contributed by atoms with Crippen molar-refractivity contribution in [3.05, 3.63) is 65.2 Å². The van der Waals surface area contributed by atoms with Gasteiger partial charge in [-0.2, -0.15) is 0 Å². The molecule has 2 aromatic carbocycles. The highest BCUT2D eigenvalue weighted by Gasteiger charge is 2.44. The molecule has 0 bridgehead atoms. The molecule has 120 valence electrons. The Kier molecular flexibility index (Phi) is 4.37. The van der Waals surface area contributed by atoms with Crippen LogP contribution in [-0.2, 0) is 10.2 Å². The van der Waals surface area contributed by atoms with Gasteiger partial charge in [0.25, 0.3) is 0 Å². The van der Waals surface area contributed by atoms with Crippen molar-refractivity contribution in [2.24, 2.45) is 0 Å². The largest absolute Gasteiger partial charge is 0.376 e. The SMILES string of the molecule is Cc1ccc(NCC(=O)NCC2(c3ccccc3)CC2)c(C)c1. The monoisotopic (exact) mass is 308 g/mol. The van der Waals surface area contributed by atoms with E-state index in [-0.39, 0.29) is 11.3 Å². The normalized spacial score (nSPS) is 15.0. The van der Waals surface area contributed by atoms with Crippen LogP contribution in [0.1, 0.15) is 29.5 Å². The third kappa shape index (κ3) is 3.73. The molecule has 1 aliphatic carbocycles. The van der Waals surface area contributed by atoms with E-state index in [1.807, 2.05) is 12.1 Å². The predicted octanol–water partition coefficient (Wildman–Crippen LogP) is 3.56. The van der Waals surface area contributed by atoms with Crippen LogP contribution in [0.2, 0.25) is 0 Å². The molecule has 3 rings (SSSR count). The summed E-state index contributed by atoms with van der Waals surface area (Å²) in [7, 11) is 0. The molecule has 23 heavy (non-hydrogen) atoms. The molecule has 0 heterocycles. The van der Waals surface area contributed by atoms with E-state index in [1.54, 1.807) is 0 Å². The second-order valence-corrected chi connectivity index (χ2v) is 6.60. The first-order valence-electron chi connectivity index (χ1n) is 8.22. The topological polar surface area (TPSA) is 41.1 Å². The van der Waals surface area contributed by atoms with Crippen LogP contribution < -0.4 is 10.6 Å². The van der Waals surface area contributed by atoms with Crippen LogP contribution in [0.4, 0.5) is 5.69 Å². The summed E-state index contributed by atoms with van der Waals surface area (Å²) >= 11 is 0. The molecule has 0 aromatic heterocycles. The minimum atomic E-state index is 0.0483. The Hall–Kier alpha value is -2.29. The van der Waals surface area contributed by atoms with Crippen molar-refractivity contribution in [2.75, 3.05) is 18.4 Å². The number of benzene rings is 2. The fourth-order valence-electron chi connectivity index (χ4n) is 3.03. The molecule has 0 aliphatic heterocycles. The minimum absolute atomic E-state index is 0.0483. The molecule has 1 fully saturated rings. The Bertz CT molecular complexity index is 690. The fraction of sp³-hybridized carbons (Fsp3) is 0.350. The van der Waals surface area contributed by atoms with Crippen molar-refractivity contribution in [2.45, 2.75) is 32.1 Å². The lowest BCUT2D eigenvalue weighted by Gasteiger charge is -2.17. The van der Waals surface area contributed by atoms with Gasteiger partial charge in [0.1, 0.15) is 0 Å². The average molecular weight is 308 g/mol. The van der Waals surface area contributed by atoms with Crippen molar-refractivity contribution in [3.63, 3.8) is 0 Å². The highest BCUT2D eigenvalue weighted by molar-refractivity contribution is 5.81. The third-order valence-corrected chi connectivity index (χ3v) is 4.68. The number of aryl methyl sites for hydroxylation is 2. The van der Waals surface area contributed by atoms with Gasteiger partial charge in [-0.1, -0.05) is 48.0 Å². The van der Waals surface area contributed by atoms with Gasteiger partial charge >= 0.3 is 0 Å².